The van der Waals surface area contributed by atoms with Crippen LogP contribution in [0, 0.1) is 0 Å². The molecule has 8 rings (SSSR count). The number of aromatic amines is 1. The topological polar surface area (TPSA) is 198 Å². The smallest absolute Gasteiger partial charge is 0.375 e. The van der Waals surface area contributed by atoms with Crippen LogP contribution in [0.25, 0.3) is 11.2 Å². The van der Waals surface area contributed by atoms with Crippen LogP contribution < -0.4 is 26.0 Å². The van der Waals surface area contributed by atoms with Crippen LogP contribution in [0.4, 0.5) is 5.95 Å². The normalized spacial score (nSPS) is 24.0. The number of amides is 1. The van der Waals surface area contributed by atoms with Gasteiger partial charge in [-0.25, -0.2) is 9.98 Å². The van der Waals surface area contributed by atoms with Crippen molar-refractivity contribution >= 4 is 64.1 Å². The lowest BCUT2D eigenvalue weighted by Crippen LogP contribution is -2.67. The molecule has 4 unspecified atom stereocenters. The van der Waals surface area contributed by atoms with Gasteiger partial charge in [-0.2, -0.15) is 4.98 Å². The fourth-order valence-electron chi connectivity index (χ4n) is 9.44. The molecular formula is C49H67N7O10PSi2+. The van der Waals surface area contributed by atoms with E-state index in [1.807, 2.05) is 42.5 Å². The number of hydrogen-bond donors (Lipinski definition) is 3. The Balaban J connectivity index is 1.23. The van der Waals surface area contributed by atoms with Crippen LogP contribution in [-0.4, -0.2) is 108 Å². The van der Waals surface area contributed by atoms with Gasteiger partial charge in [-0.15, -0.1) is 9.27 Å². The van der Waals surface area contributed by atoms with Crippen molar-refractivity contribution in [2.45, 2.75) is 121 Å². The van der Waals surface area contributed by atoms with Crippen molar-refractivity contribution in [3.8, 4) is 5.75 Å². The summed E-state index contributed by atoms with van der Waals surface area (Å²) in [5.74, 6) is -2.08. The number of amidine groups is 1. The molecule has 3 aliphatic rings. The molecule has 0 spiro atoms. The van der Waals surface area contributed by atoms with Crippen LogP contribution in [0.2, 0.25) is 23.2 Å². The van der Waals surface area contributed by atoms with Crippen LogP contribution in [0.1, 0.15) is 79.9 Å². The Labute approximate surface area is 406 Å². The van der Waals surface area contributed by atoms with Crippen LogP contribution in [-0.2, 0) is 32.1 Å². The highest BCUT2D eigenvalue weighted by atomic mass is 31.1. The van der Waals surface area contributed by atoms with Gasteiger partial charge in [0.25, 0.3) is 19.8 Å². The first-order valence-corrected chi connectivity index (χ1v) is 29.9. The van der Waals surface area contributed by atoms with Crippen molar-refractivity contribution < 1.29 is 46.6 Å². The number of carbonyl (C=O) groups excluding carboxylic acids is 1. The number of rotatable bonds is 16. The van der Waals surface area contributed by atoms with Gasteiger partial charge >= 0.3 is 8.25 Å². The molecular weight excluding hydrogens is 934 g/mol. The summed E-state index contributed by atoms with van der Waals surface area (Å²) in [6.07, 6.45) is 1.46. The highest BCUT2D eigenvalue weighted by molar-refractivity contribution is 7.33. The molecule has 5 heterocycles. The van der Waals surface area contributed by atoms with Gasteiger partial charge in [-0.3, -0.25) is 33.5 Å². The Hall–Kier alpha value is -4.67. The molecule has 3 aliphatic heterocycles. The number of aliphatic hydroxyl groups is 1. The number of para-hydroxylation sites is 1. The fourth-order valence-corrected chi connectivity index (χ4v) is 16.4. The van der Waals surface area contributed by atoms with Gasteiger partial charge in [-0.1, -0.05) is 120 Å². The second-order valence-corrected chi connectivity index (χ2v) is 30.6. The largest absolute Gasteiger partial charge is 0.484 e. The van der Waals surface area contributed by atoms with Gasteiger partial charge in [0, 0.05) is 12.8 Å². The number of benzene rings is 3. The predicted molar refractivity (Wildman–Crippen MR) is 270 cm³/mol. The van der Waals surface area contributed by atoms with Crippen LogP contribution in [0.3, 0.4) is 0 Å². The highest BCUT2D eigenvalue weighted by Crippen LogP contribution is 2.52. The molecule has 0 aliphatic carbocycles. The summed E-state index contributed by atoms with van der Waals surface area (Å²) in [5.41, 5.74) is -0.855. The van der Waals surface area contributed by atoms with E-state index in [0.717, 1.165) is 41.9 Å². The van der Waals surface area contributed by atoms with Crippen molar-refractivity contribution in [2.75, 3.05) is 38.2 Å². The van der Waals surface area contributed by atoms with Crippen molar-refractivity contribution in [3.63, 3.8) is 0 Å². The van der Waals surface area contributed by atoms with E-state index in [4.69, 9.17) is 32.5 Å². The van der Waals surface area contributed by atoms with E-state index < -0.39 is 65.6 Å². The van der Waals surface area contributed by atoms with Crippen molar-refractivity contribution in [3.05, 3.63) is 108 Å². The molecule has 69 heavy (non-hydrogen) atoms. The van der Waals surface area contributed by atoms with Crippen LogP contribution >= 0.6 is 8.25 Å². The van der Waals surface area contributed by atoms with Gasteiger partial charge in [0.1, 0.15) is 31.0 Å². The molecule has 2 aromatic heterocycles. The molecule has 3 N–H and O–H groups in total. The molecule has 0 radical (unpaired) electrons. The minimum absolute atomic E-state index is 0.0461. The maximum atomic E-state index is 14.9. The Morgan fingerprint density at radius 3 is 2.20 bits per heavy atom. The number of imidazole rings is 1. The Morgan fingerprint density at radius 1 is 0.928 bits per heavy atom. The summed E-state index contributed by atoms with van der Waals surface area (Å²) in [6, 6.07) is 29.2. The van der Waals surface area contributed by atoms with E-state index >= 15 is 0 Å². The number of anilines is 1. The zero-order valence-electron chi connectivity index (χ0n) is 40.9. The van der Waals surface area contributed by atoms with Crippen molar-refractivity contribution in [1.82, 2.24) is 19.5 Å². The molecule has 5 aromatic rings. The minimum atomic E-state index is -3.63. The lowest BCUT2D eigenvalue weighted by molar-refractivity contribution is -1.01. The first kappa shape index (κ1) is 50.7. The number of nitrogens with zero attached hydrogens (tertiary/aromatic N) is 5. The number of H-pyrrole nitrogens is 1. The number of aliphatic imine (C=N–C) groups is 1. The lowest BCUT2D eigenvalue weighted by Gasteiger charge is -2.45. The number of ether oxygens (including phenoxy) is 2. The monoisotopic (exact) mass is 1000 g/mol. The van der Waals surface area contributed by atoms with E-state index in [1.165, 1.54) is 10.9 Å². The molecule has 3 aromatic carbocycles. The number of nitrogens with one attached hydrogen (secondary N) is 2. The van der Waals surface area contributed by atoms with Gasteiger partial charge in [0.05, 0.1) is 19.5 Å². The number of hydrogen-bond acceptors (Lipinski definition) is 13. The third kappa shape index (κ3) is 10.4. The molecule has 0 bridgehead atoms. The maximum Gasteiger partial charge on any atom is 0.375 e. The number of quaternary nitrogens is 1. The summed E-state index contributed by atoms with van der Waals surface area (Å²) >= 11 is 0. The molecule has 0 saturated carbocycles. The molecule has 370 valence electrons. The summed E-state index contributed by atoms with van der Waals surface area (Å²) < 4.78 is 56.6. The highest BCUT2D eigenvalue weighted by Gasteiger charge is 2.64. The number of aromatic nitrogens is 4. The Kier molecular flexibility index (Phi) is 14.9. The van der Waals surface area contributed by atoms with E-state index in [9.17, 15) is 19.3 Å². The molecule has 2 fully saturated rings. The SMILES string of the molecule is CC(C)(C)[Si](C)(C)OC1[C@@H](CO[Si](c2ccccc2)(c2ccccc2)C(C)(C)C)O[C@@H](n2cnc3c(=O)[nH]c(NC(=O)COc4ccccc4)nc32)C1(O)O[PH](=O)O[N+]12CCCCCC1=NCCC2. The zero-order valence-corrected chi connectivity index (χ0v) is 43.9. The van der Waals surface area contributed by atoms with Crippen LogP contribution in [0.15, 0.2) is 107 Å². The minimum Gasteiger partial charge on any atom is -0.484 e. The van der Waals surface area contributed by atoms with Gasteiger partial charge in [-0.05, 0) is 64.9 Å². The van der Waals surface area contributed by atoms with Gasteiger partial charge in [0.2, 0.25) is 17.6 Å². The molecule has 1 amide bonds. The van der Waals surface area contributed by atoms with E-state index in [-0.39, 0.29) is 40.0 Å². The van der Waals surface area contributed by atoms with E-state index in [2.05, 4.69) is 99.2 Å². The molecule has 20 heteroatoms. The Morgan fingerprint density at radius 2 is 1.57 bits per heavy atom. The number of hydroxylamine groups is 3. The van der Waals surface area contributed by atoms with Crippen LogP contribution in [0.5, 0.6) is 5.75 Å². The standard InChI is InChI=1S/C49H66N7O10PSi2/c1-47(2,3)68(7,8)64-42-38(32-62-69(48(4,5)6,36-24-15-10-16-25-36)37-26-17-11-18-27-37)63-45(49(42,59)65-67(60)66-56-30-20-12-19-28-39(56)50-29-21-31-56)55-34-51-41-43(55)53-46(54-44(41)58)52-40(57)33-61-35-22-13-9-14-23-35/h9-11,13-18,22-27,34,38,42,45,59,67H,12,19-21,28-33H2,1-8H3,(H-,52,53,54,57,58)/p+1/t38-,42?,45-,49?,56?/m1/s1. The number of carbonyl (C=O) groups is 1. The van der Waals surface area contributed by atoms with Gasteiger partial charge in [0.15, 0.2) is 32.3 Å². The second-order valence-electron chi connectivity index (χ2n) is 20.7. The fraction of sp³-hybridized carbons (Fsp3) is 0.490. The first-order chi connectivity index (χ1) is 32.8. The quantitative estimate of drug-likeness (QED) is 0.0389. The average Bonchev–Trinajstić information content (AvgIpc) is 3.75. The summed E-state index contributed by atoms with van der Waals surface area (Å²) in [7, 11) is -9.75. The summed E-state index contributed by atoms with van der Waals surface area (Å²) in [5, 5.41) is 17.5. The number of fused-ring (bicyclic) bond motifs is 2. The Bertz CT molecular complexity index is 2660. The second kappa shape index (κ2) is 20.2. The molecule has 17 nitrogen and oxygen atoms in total. The maximum absolute atomic E-state index is 14.9. The summed E-state index contributed by atoms with van der Waals surface area (Å²) in [6.45, 7) is 18.2. The average molecular weight is 1000 g/mol. The van der Waals surface area contributed by atoms with Gasteiger partial charge < -0.3 is 23.4 Å². The predicted octanol–water partition coefficient (Wildman–Crippen LogP) is 7.22. The molecule has 6 atom stereocenters. The van der Waals surface area contributed by atoms with E-state index in [0.29, 0.717) is 31.8 Å². The zero-order chi connectivity index (χ0) is 49.2. The third-order valence-corrected chi connectivity index (χ3v) is 24.4. The summed E-state index contributed by atoms with van der Waals surface area (Å²) in [4.78, 5) is 43.3. The van der Waals surface area contributed by atoms with E-state index in [1.54, 1.807) is 24.3 Å². The van der Waals surface area contributed by atoms with Crippen molar-refractivity contribution in [1.29, 1.82) is 0 Å². The lowest BCUT2D eigenvalue weighted by atomic mass is 10.1. The molecule has 2 saturated heterocycles. The third-order valence-electron chi connectivity index (χ3n) is 13.9. The first-order valence-electron chi connectivity index (χ1n) is 23.9. The van der Waals surface area contributed by atoms with Crippen molar-refractivity contribution in [2.24, 2.45) is 4.99 Å².